The second-order valence-electron chi connectivity index (χ2n) is 8.30. The number of aromatic amines is 1. The number of unbranched alkanes of at least 4 members (excludes halogenated alkanes) is 4. The van der Waals surface area contributed by atoms with Gasteiger partial charge in [-0.05, 0) is 50.4 Å². The van der Waals surface area contributed by atoms with Crippen molar-refractivity contribution in [2.45, 2.75) is 50.9 Å². The van der Waals surface area contributed by atoms with Crippen molar-refractivity contribution in [1.29, 1.82) is 0 Å². The number of aromatic nitrogens is 3. The molecule has 0 spiro atoms. The summed E-state index contributed by atoms with van der Waals surface area (Å²) in [4.78, 5) is 15.3. The molecule has 1 fully saturated rings. The average Bonchev–Trinajstić information content (AvgIpc) is 3.23. The van der Waals surface area contributed by atoms with Crippen LogP contribution in [0.15, 0.2) is 42.6 Å². The number of halogens is 1. The summed E-state index contributed by atoms with van der Waals surface area (Å²) >= 11 is 0. The lowest BCUT2D eigenvalue weighted by molar-refractivity contribution is 0.498. The smallest absolute Gasteiger partial charge is 0.223 e. The molecule has 0 unspecified atom stereocenters. The van der Waals surface area contributed by atoms with Gasteiger partial charge in [0.05, 0.1) is 17.2 Å². The van der Waals surface area contributed by atoms with E-state index in [1.165, 1.54) is 30.6 Å². The van der Waals surface area contributed by atoms with Gasteiger partial charge in [0.15, 0.2) is 0 Å². The fourth-order valence-corrected chi connectivity index (χ4v) is 4.33. The second kappa shape index (κ2) is 13.3. The number of fused-ring (bicyclic) bond motifs is 1. The third kappa shape index (κ3) is 6.82. The van der Waals surface area contributed by atoms with Gasteiger partial charge in [-0.2, -0.15) is 0 Å². The number of benzene rings is 1. The maximum atomic E-state index is 5.54. The van der Waals surface area contributed by atoms with Crippen LogP contribution in [0.5, 0.6) is 0 Å². The summed E-state index contributed by atoms with van der Waals surface area (Å²) in [6.45, 7) is 3.90. The minimum Gasteiger partial charge on any atom is -0.412 e. The van der Waals surface area contributed by atoms with Gasteiger partial charge in [-0.1, -0.05) is 37.5 Å². The molecule has 0 bridgehead atoms. The molecule has 3 aromatic rings. The van der Waals surface area contributed by atoms with E-state index < -0.39 is 0 Å². The van der Waals surface area contributed by atoms with Gasteiger partial charge in [0.25, 0.3) is 0 Å². The molecule has 0 amide bonds. The van der Waals surface area contributed by atoms with Gasteiger partial charge in [0.1, 0.15) is 0 Å². The summed E-state index contributed by atoms with van der Waals surface area (Å²) in [6.07, 6.45) is 10.2. The van der Waals surface area contributed by atoms with E-state index in [4.69, 9.17) is 10.7 Å². The first-order valence-corrected chi connectivity index (χ1v) is 11.4. The molecule has 7 nitrogen and oxygen atoms in total. The molecule has 3 heterocycles. The summed E-state index contributed by atoms with van der Waals surface area (Å²) in [7, 11) is 0. The van der Waals surface area contributed by atoms with Crippen molar-refractivity contribution in [3.63, 3.8) is 0 Å². The van der Waals surface area contributed by atoms with Crippen LogP contribution in [0.25, 0.3) is 11.0 Å². The number of rotatable bonds is 10. The molecule has 4 rings (SSSR count). The second-order valence-corrected chi connectivity index (χ2v) is 8.30. The molecule has 0 saturated carbocycles. The third-order valence-corrected chi connectivity index (χ3v) is 6.11. The minimum atomic E-state index is 0. The van der Waals surface area contributed by atoms with Crippen LogP contribution in [0, 0.1) is 0 Å². The number of nitrogens with two attached hydrogens (primary N) is 1. The Morgan fingerprint density at radius 3 is 2.50 bits per heavy atom. The molecular weight excluding hydrogens is 424 g/mol. The number of H-pyrrole nitrogens is 1. The van der Waals surface area contributed by atoms with E-state index in [0.717, 1.165) is 68.8 Å². The molecule has 32 heavy (non-hydrogen) atoms. The largest absolute Gasteiger partial charge is 0.412 e. The first-order valence-electron chi connectivity index (χ1n) is 11.4. The van der Waals surface area contributed by atoms with Crippen LogP contribution in [0.3, 0.4) is 0 Å². The maximum absolute atomic E-state index is 5.54. The Labute approximate surface area is 196 Å². The lowest BCUT2D eigenvalue weighted by Crippen LogP contribution is -2.32. The SMILES string of the molecule is Cl.NCCCCCCCNc1ncc2[nH]c(C3CCN(c4ccccc4)CC3)cc2n1.O. The molecule has 0 aliphatic carbocycles. The molecule has 1 aliphatic rings. The Kier molecular flexibility index (Phi) is 10.7. The molecule has 0 radical (unpaired) electrons. The highest BCUT2D eigenvalue weighted by Crippen LogP contribution is 2.31. The normalized spacial score (nSPS) is 14.1. The number of hydrogen-bond acceptors (Lipinski definition) is 5. The van der Waals surface area contributed by atoms with Crippen LogP contribution < -0.4 is 16.0 Å². The maximum Gasteiger partial charge on any atom is 0.223 e. The van der Waals surface area contributed by atoms with Crippen LogP contribution in [0.4, 0.5) is 11.6 Å². The van der Waals surface area contributed by atoms with Gasteiger partial charge < -0.3 is 26.4 Å². The predicted octanol–water partition coefficient (Wildman–Crippen LogP) is 4.26. The Hall–Kier alpha value is -2.35. The van der Waals surface area contributed by atoms with Crippen molar-refractivity contribution in [3.05, 3.63) is 48.3 Å². The van der Waals surface area contributed by atoms with Crippen LogP contribution in [0.1, 0.15) is 56.6 Å². The van der Waals surface area contributed by atoms with Crippen LogP contribution in [-0.2, 0) is 0 Å². The fourth-order valence-electron chi connectivity index (χ4n) is 4.33. The Balaban J connectivity index is 0.00000181. The Bertz CT molecular complexity index is 911. The van der Waals surface area contributed by atoms with Crippen molar-refractivity contribution in [2.24, 2.45) is 5.73 Å². The average molecular weight is 461 g/mol. The highest BCUT2D eigenvalue weighted by Gasteiger charge is 2.22. The third-order valence-electron chi connectivity index (χ3n) is 6.11. The predicted molar refractivity (Wildman–Crippen MR) is 136 cm³/mol. The minimum absolute atomic E-state index is 0. The zero-order chi connectivity index (χ0) is 20.6. The first-order chi connectivity index (χ1) is 14.8. The van der Waals surface area contributed by atoms with E-state index in [1.807, 2.05) is 6.20 Å². The van der Waals surface area contributed by atoms with Gasteiger partial charge in [0, 0.05) is 36.9 Å². The Morgan fingerprint density at radius 2 is 1.75 bits per heavy atom. The summed E-state index contributed by atoms with van der Waals surface area (Å²) < 4.78 is 0. The van der Waals surface area contributed by atoms with Crippen molar-refractivity contribution in [2.75, 3.05) is 36.4 Å². The zero-order valence-electron chi connectivity index (χ0n) is 18.7. The van der Waals surface area contributed by atoms with Crippen molar-refractivity contribution in [1.82, 2.24) is 15.0 Å². The Morgan fingerprint density at radius 1 is 1.03 bits per heavy atom. The summed E-state index contributed by atoms with van der Waals surface area (Å²) in [5.74, 6) is 1.29. The van der Waals surface area contributed by atoms with Crippen molar-refractivity contribution < 1.29 is 5.48 Å². The number of nitrogens with zero attached hydrogens (tertiary/aromatic N) is 3. The molecule has 1 saturated heterocycles. The summed E-state index contributed by atoms with van der Waals surface area (Å²) in [6, 6.07) is 12.9. The molecular formula is C24H37ClN6O. The van der Waals surface area contributed by atoms with E-state index >= 15 is 0 Å². The highest BCUT2D eigenvalue weighted by molar-refractivity contribution is 5.85. The van der Waals surface area contributed by atoms with E-state index in [0.29, 0.717) is 5.92 Å². The molecule has 176 valence electrons. The fraction of sp³-hybridized carbons (Fsp3) is 0.500. The highest BCUT2D eigenvalue weighted by atomic mass is 35.5. The van der Waals surface area contributed by atoms with Crippen molar-refractivity contribution >= 4 is 35.1 Å². The van der Waals surface area contributed by atoms with Crippen LogP contribution in [0.2, 0.25) is 0 Å². The molecule has 0 atom stereocenters. The number of nitrogens with one attached hydrogen (secondary N) is 2. The van der Waals surface area contributed by atoms with E-state index in [-0.39, 0.29) is 17.9 Å². The topological polar surface area (TPSA) is 114 Å². The molecule has 2 aromatic heterocycles. The van der Waals surface area contributed by atoms with Gasteiger partial charge >= 0.3 is 0 Å². The number of anilines is 2. The van der Waals surface area contributed by atoms with Gasteiger partial charge in [-0.25, -0.2) is 9.97 Å². The van der Waals surface area contributed by atoms with Crippen molar-refractivity contribution in [3.8, 4) is 0 Å². The number of piperidine rings is 1. The molecule has 6 N–H and O–H groups in total. The van der Waals surface area contributed by atoms with Crippen LogP contribution >= 0.6 is 12.4 Å². The van der Waals surface area contributed by atoms with E-state index in [2.05, 4.69) is 56.6 Å². The summed E-state index contributed by atoms with van der Waals surface area (Å²) in [5, 5.41) is 3.37. The van der Waals surface area contributed by atoms with E-state index in [1.54, 1.807) is 0 Å². The standard InChI is InChI=1S/C24H34N6.ClH.H2O/c25-13-7-2-1-3-8-14-26-24-27-18-23-22(29-24)17-21(28-23)19-11-15-30(16-12-19)20-9-5-4-6-10-20;;/h4-6,9-10,17-19,28H,1-3,7-8,11-16,25H2,(H,26,27,29);1H;1H2. The monoisotopic (exact) mass is 460 g/mol. The number of para-hydroxylation sites is 1. The van der Waals surface area contributed by atoms with Gasteiger partial charge in [-0.3, -0.25) is 0 Å². The lowest BCUT2D eigenvalue weighted by Gasteiger charge is -2.33. The zero-order valence-corrected chi connectivity index (χ0v) is 19.5. The first kappa shape index (κ1) is 25.9. The lowest BCUT2D eigenvalue weighted by atomic mass is 9.93. The molecule has 8 heteroatoms. The van der Waals surface area contributed by atoms with Gasteiger partial charge in [-0.15, -0.1) is 12.4 Å². The number of hydrogen-bond donors (Lipinski definition) is 3. The molecule has 1 aliphatic heterocycles. The quantitative estimate of drug-likeness (QED) is 0.391. The van der Waals surface area contributed by atoms with Crippen LogP contribution in [-0.4, -0.2) is 46.6 Å². The summed E-state index contributed by atoms with van der Waals surface area (Å²) in [5.41, 5.74) is 10.2. The van der Waals surface area contributed by atoms with E-state index in [9.17, 15) is 0 Å². The molecule has 1 aromatic carbocycles. The van der Waals surface area contributed by atoms with Gasteiger partial charge in [0.2, 0.25) is 5.95 Å².